The number of fused-ring (bicyclic) bond motifs is 1. The summed E-state index contributed by atoms with van der Waals surface area (Å²) in [4.78, 5) is 35.2. The van der Waals surface area contributed by atoms with Crippen LogP contribution in [0.4, 0.5) is 11.5 Å². The minimum Gasteiger partial charge on any atom is -0.335 e. The molecule has 1 N–H and O–H groups in total. The first kappa shape index (κ1) is 18.6. The van der Waals surface area contributed by atoms with Crippen molar-refractivity contribution in [2.75, 3.05) is 42.5 Å². The van der Waals surface area contributed by atoms with E-state index in [1.165, 1.54) is 0 Å². The third-order valence-corrected chi connectivity index (χ3v) is 6.16. The van der Waals surface area contributed by atoms with E-state index in [1.807, 2.05) is 65.7 Å². The van der Waals surface area contributed by atoms with Gasteiger partial charge in [0.2, 0.25) is 11.8 Å². The smallest absolute Gasteiger partial charge is 0.274 e. The zero-order valence-corrected chi connectivity index (χ0v) is 16.8. The maximum absolute atomic E-state index is 13.2. The van der Waals surface area contributed by atoms with Crippen molar-refractivity contribution < 1.29 is 14.6 Å². The molecule has 2 amide bonds. The average Bonchev–Trinajstić information content (AvgIpc) is 3.20. The molecule has 0 spiro atoms. The molecule has 2 fully saturated rings. The lowest BCUT2D eigenvalue weighted by molar-refractivity contribution is -0.364. The summed E-state index contributed by atoms with van der Waals surface area (Å²) < 4.78 is 0. The summed E-state index contributed by atoms with van der Waals surface area (Å²) in [5.41, 5.74) is 0.901. The number of pyridine rings is 1. The molecule has 30 heavy (non-hydrogen) atoms. The van der Waals surface area contributed by atoms with Crippen LogP contribution in [0.3, 0.4) is 0 Å². The van der Waals surface area contributed by atoms with E-state index in [2.05, 4.69) is 16.0 Å². The monoisotopic (exact) mass is 401 g/mol. The molecule has 0 saturated carbocycles. The molecule has 6 nitrogen and oxygen atoms in total. The van der Waals surface area contributed by atoms with Gasteiger partial charge in [0.1, 0.15) is 13.1 Å². The number of hydrogen-bond acceptors (Lipinski definition) is 3. The van der Waals surface area contributed by atoms with E-state index >= 15 is 0 Å². The summed E-state index contributed by atoms with van der Waals surface area (Å²) in [7, 11) is 0. The SMILES string of the molecule is O=C([C@@H]1CC(=O)N(c2cccc3ccccc23)C1)N1CCN(c2cccc[nH+]2)CC1. The molecular formula is C24H25N4O2+. The fraction of sp³-hybridized carbons (Fsp3) is 0.292. The lowest BCUT2D eigenvalue weighted by Crippen LogP contribution is -2.51. The van der Waals surface area contributed by atoms with Gasteiger partial charge in [0.05, 0.1) is 30.9 Å². The van der Waals surface area contributed by atoms with Crippen molar-refractivity contribution in [3.05, 3.63) is 66.9 Å². The molecule has 2 saturated heterocycles. The van der Waals surface area contributed by atoms with Gasteiger partial charge in [0.15, 0.2) is 0 Å². The number of anilines is 2. The predicted octanol–water partition coefficient (Wildman–Crippen LogP) is 2.36. The Balaban J connectivity index is 1.27. The van der Waals surface area contributed by atoms with E-state index in [1.54, 1.807) is 4.90 Å². The minimum atomic E-state index is -0.272. The third-order valence-electron chi connectivity index (χ3n) is 6.16. The predicted molar refractivity (Wildman–Crippen MR) is 116 cm³/mol. The molecule has 1 aromatic heterocycles. The number of hydrogen-bond donors (Lipinski definition) is 0. The van der Waals surface area contributed by atoms with Gasteiger partial charge in [-0.3, -0.25) is 14.5 Å². The summed E-state index contributed by atoms with van der Waals surface area (Å²) in [6.45, 7) is 3.40. The van der Waals surface area contributed by atoms with Gasteiger partial charge in [-0.15, -0.1) is 0 Å². The van der Waals surface area contributed by atoms with Gasteiger partial charge in [-0.25, -0.2) is 4.98 Å². The topological polar surface area (TPSA) is 58.0 Å². The number of nitrogens with one attached hydrogen (secondary N) is 1. The molecule has 1 atom stereocenters. The Labute approximate surface area is 175 Å². The van der Waals surface area contributed by atoms with Crippen LogP contribution in [0.15, 0.2) is 66.9 Å². The Hall–Kier alpha value is -3.41. The second-order valence-electron chi connectivity index (χ2n) is 7.96. The molecule has 0 radical (unpaired) electrons. The first-order valence-corrected chi connectivity index (χ1v) is 10.5. The molecule has 2 aliphatic heterocycles. The maximum atomic E-state index is 13.2. The summed E-state index contributed by atoms with van der Waals surface area (Å²) in [6.07, 6.45) is 2.20. The average molecular weight is 401 g/mol. The largest absolute Gasteiger partial charge is 0.335 e. The normalized spacial score (nSPS) is 19.5. The van der Waals surface area contributed by atoms with E-state index in [4.69, 9.17) is 0 Å². The number of nitrogens with zero attached hydrogens (tertiary/aromatic N) is 3. The lowest BCUT2D eigenvalue weighted by atomic mass is 10.1. The second-order valence-corrected chi connectivity index (χ2v) is 7.96. The van der Waals surface area contributed by atoms with E-state index in [0.717, 1.165) is 35.4 Å². The molecule has 0 unspecified atom stereocenters. The van der Waals surface area contributed by atoms with Gasteiger partial charge >= 0.3 is 0 Å². The number of piperazine rings is 1. The van der Waals surface area contributed by atoms with Crippen molar-refractivity contribution >= 4 is 34.1 Å². The van der Waals surface area contributed by atoms with Crippen molar-refractivity contribution in [2.24, 2.45) is 5.92 Å². The standard InChI is InChI=1S/C24H24N4O2/c29-23-16-19(17-28(23)21-9-5-7-18-6-1-2-8-20(18)21)24(30)27-14-12-26(13-15-27)22-10-3-4-11-25-22/h1-11,19H,12-17H2/p+1/t19-/m1/s1. The highest BCUT2D eigenvalue weighted by Crippen LogP contribution is 2.32. The van der Waals surface area contributed by atoms with E-state index in [-0.39, 0.29) is 24.2 Å². The van der Waals surface area contributed by atoms with Crippen molar-refractivity contribution in [3.63, 3.8) is 0 Å². The van der Waals surface area contributed by atoms with Crippen LogP contribution in [-0.2, 0) is 9.59 Å². The minimum absolute atomic E-state index is 0.0298. The van der Waals surface area contributed by atoms with Crippen molar-refractivity contribution in [2.45, 2.75) is 6.42 Å². The number of H-pyrrole nitrogens is 1. The van der Waals surface area contributed by atoms with Crippen molar-refractivity contribution in [1.82, 2.24) is 4.90 Å². The molecule has 6 heteroatoms. The highest BCUT2D eigenvalue weighted by molar-refractivity contribution is 6.07. The zero-order chi connectivity index (χ0) is 20.5. The summed E-state index contributed by atoms with van der Waals surface area (Å²) in [5.74, 6) is 0.930. The van der Waals surface area contributed by atoms with Gasteiger partial charge in [-0.2, -0.15) is 0 Å². The highest BCUT2D eigenvalue weighted by atomic mass is 16.2. The molecule has 3 heterocycles. The van der Waals surface area contributed by atoms with Gasteiger partial charge in [0, 0.05) is 24.4 Å². The van der Waals surface area contributed by atoms with E-state index < -0.39 is 0 Å². The fourth-order valence-electron chi connectivity index (χ4n) is 4.56. The first-order valence-electron chi connectivity index (χ1n) is 10.5. The van der Waals surface area contributed by atoms with Crippen LogP contribution in [0.2, 0.25) is 0 Å². The molecule has 5 rings (SSSR count). The summed E-state index contributed by atoms with van der Waals surface area (Å²) in [6, 6.07) is 20.1. The number of carbonyl (C=O) groups is 2. The van der Waals surface area contributed by atoms with Crippen LogP contribution >= 0.6 is 0 Å². The molecular weight excluding hydrogens is 376 g/mol. The zero-order valence-electron chi connectivity index (χ0n) is 16.8. The van der Waals surface area contributed by atoms with Crippen molar-refractivity contribution in [1.29, 1.82) is 0 Å². The van der Waals surface area contributed by atoms with Crippen LogP contribution in [0.1, 0.15) is 6.42 Å². The Bertz CT molecular complexity index is 1070. The number of aromatic nitrogens is 1. The van der Waals surface area contributed by atoms with E-state index in [9.17, 15) is 9.59 Å². The number of carbonyl (C=O) groups excluding carboxylic acids is 2. The Morgan fingerprint density at radius 2 is 1.67 bits per heavy atom. The number of rotatable bonds is 3. The Morgan fingerprint density at radius 3 is 2.47 bits per heavy atom. The second kappa shape index (κ2) is 7.78. The quantitative estimate of drug-likeness (QED) is 0.677. The number of benzene rings is 2. The maximum Gasteiger partial charge on any atom is 0.274 e. The number of amides is 2. The Kier molecular flexibility index (Phi) is 4.83. The van der Waals surface area contributed by atoms with Crippen LogP contribution in [0.5, 0.6) is 0 Å². The molecule has 2 aromatic carbocycles. The van der Waals surface area contributed by atoms with Gasteiger partial charge in [-0.05, 0) is 17.5 Å². The lowest BCUT2D eigenvalue weighted by Gasteiger charge is -2.32. The van der Waals surface area contributed by atoms with Crippen LogP contribution < -0.4 is 14.8 Å². The highest BCUT2D eigenvalue weighted by Gasteiger charge is 2.39. The fourth-order valence-corrected chi connectivity index (χ4v) is 4.56. The first-order chi connectivity index (χ1) is 14.7. The van der Waals surface area contributed by atoms with Crippen molar-refractivity contribution in [3.8, 4) is 0 Å². The van der Waals surface area contributed by atoms with Gasteiger partial charge in [0.25, 0.3) is 5.82 Å². The molecule has 2 aliphatic rings. The van der Waals surface area contributed by atoms with Crippen LogP contribution in [0.25, 0.3) is 10.8 Å². The van der Waals surface area contributed by atoms with Gasteiger partial charge in [-0.1, -0.05) is 42.5 Å². The number of aromatic amines is 1. The van der Waals surface area contributed by atoms with Gasteiger partial charge < -0.3 is 9.80 Å². The Morgan fingerprint density at radius 1 is 0.900 bits per heavy atom. The third kappa shape index (κ3) is 3.38. The summed E-state index contributed by atoms with van der Waals surface area (Å²) >= 11 is 0. The van der Waals surface area contributed by atoms with E-state index in [0.29, 0.717) is 19.6 Å². The molecule has 3 aromatic rings. The van der Waals surface area contributed by atoms with Crippen LogP contribution in [-0.4, -0.2) is 49.4 Å². The molecule has 0 bridgehead atoms. The summed E-state index contributed by atoms with van der Waals surface area (Å²) in [5, 5.41) is 2.15. The van der Waals surface area contributed by atoms with Crippen LogP contribution in [0, 0.1) is 5.92 Å². The molecule has 0 aliphatic carbocycles. The molecule has 152 valence electrons.